The summed E-state index contributed by atoms with van der Waals surface area (Å²) in [6.45, 7) is 1.75. The van der Waals surface area contributed by atoms with Gasteiger partial charge in [-0.15, -0.1) is 0 Å². The first-order valence-electron chi connectivity index (χ1n) is 7.41. The standard InChI is InChI=1S/C18H16FN3O2/c1-10-16(13-9-11(19)7-8-15(13)21-10)18(24)22-14-6-4-3-5-12(14)17(23)20-2/h3-9,21H,1-2H3,(H,20,23)(H,22,24). The number of hydrogen-bond acceptors (Lipinski definition) is 2. The van der Waals surface area contributed by atoms with Gasteiger partial charge in [-0.05, 0) is 37.3 Å². The van der Waals surface area contributed by atoms with Gasteiger partial charge in [0.2, 0.25) is 0 Å². The van der Waals surface area contributed by atoms with Crippen LogP contribution >= 0.6 is 0 Å². The molecule has 0 spiro atoms. The maximum Gasteiger partial charge on any atom is 0.258 e. The molecular formula is C18H16FN3O2. The predicted octanol–water partition coefficient (Wildman–Crippen LogP) is 3.23. The van der Waals surface area contributed by atoms with Crippen molar-refractivity contribution < 1.29 is 14.0 Å². The second kappa shape index (κ2) is 6.16. The summed E-state index contributed by atoms with van der Waals surface area (Å²) in [6.07, 6.45) is 0. The molecule has 24 heavy (non-hydrogen) atoms. The summed E-state index contributed by atoms with van der Waals surface area (Å²) in [5.41, 5.74) is 2.42. The molecule has 3 N–H and O–H groups in total. The zero-order valence-electron chi connectivity index (χ0n) is 13.2. The third-order valence-corrected chi connectivity index (χ3v) is 3.82. The molecule has 5 nitrogen and oxygen atoms in total. The van der Waals surface area contributed by atoms with Crippen LogP contribution in [0, 0.1) is 12.7 Å². The van der Waals surface area contributed by atoms with Crippen LogP contribution in [-0.4, -0.2) is 23.8 Å². The summed E-state index contributed by atoms with van der Waals surface area (Å²) in [5.74, 6) is -1.12. The van der Waals surface area contributed by atoms with Crippen molar-refractivity contribution in [2.24, 2.45) is 0 Å². The fourth-order valence-electron chi connectivity index (χ4n) is 2.70. The fraction of sp³-hybridized carbons (Fsp3) is 0.111. The quantitative estimate of drug-likeness (QED) is 0.692. The second-order valence-corrected chi connectivity index (χ2v) is 5.39. The Morgan fingerprint density at radius 3 is 2.58 bits per heavy atom. The first-order chi connectivity index (χ1) is 11.5. The summed E-state index contributed by atoms with van der Waals surface area (Å²) >= 11 is 0. The summed E-state index contributed by atoms with van der Waals surface area (Å²) < 4.78 is 13.5. The van der Waals surface area contributed by atoms with E-state index in [1.165, 1.54) is 19.2 Å². The number of fused-ring (bicyclic) bond motifs is 1. The van der Waals surface area contributed by atoms with E-state index in [0.29, 0.717) is 33.4 Å². The van der Waals surface area contributed by atoms with E-state index in [2.05, 4.69) is 15.6 Å². The van der Waals surface area contributed by atoms with Gasteiger partial charge >= 0.3 is 0 Å². The first kappa shape index (κ1) is 15.7. The Hall–Kier alpha value is -3.15. The van der Waals surface area contributed by atoms with Crippen molar-refractivity contribution >= 4 is 28.4 Å². The first-order valence-corrected chi connectivity index (χ1v) is 7.41. The van der Waals surface area contributed by atoms with E-state index in [1.807, 2.05) is 0 Å². The minimum absolute atomic E-state index is 0.299. The smallest absolute Gasteiger partial charge is 0.258 e. The number of aryl methyl sites for hydroxylation is 1. The Labute approximate surface area is 137 Å². The Morgan fingerprint density at radius 1 is 1.08 bits per heavy atom. The highest BCUT2D eigenvalue weighted by atomic mass is 19.1. The number of hydrogen-bond donors (Lipinski definition) is 3. The highest BCUT2D eigenvalue weighted by molar-refractivity contribution is 6.15. The van der Waals surface area contributed by atoms with Crippen LogP contribution < -0.4 is 10.6 Å². The van der Waals surface area contributed by atoms with E-state index in [1.54, 1.807) is 37.3 Å². The molecule has 0 aliphatic rings. The van der Waals surface area contributed by atoms with E-state index in [4.69, 9.17) is 0 Å². The molecule has 0 saturated carbocycles. The molecule has 0 radical (unpaired) electrons. The van der Waals surface area contributed by atoms with E-state index in [9.17, 15) is 14.0 Å². The molecule has 0 unspecified atom stereocenters. The van der Waals surface area contributed by atoms with Crippen LogP contribution in [-0.2, 0) is 0 Å². The van der Waals surface area contributed by atoms with Crippen molar-refractivity contribution in [3.8, 4) is 0 Å². The van der Waals surface area contributed by atoms with Gasteiger partial charge in [-0.2, -0.15) is 0 Å². The zero-order valence-corrected chi connectivity index (χ0v) is 13.2. The number of halogens is 1. The highest BCUT2D eigenvalue weighted by Gasteiger charge is 2.19. The molecule has 0 aliphatic heterocycles. The fourth-order valence-corrected chi connectivity index (χ4v) is 2.70. The number of rotatable bonds is 3. The number of anilines is 1. The van der Waals surface area contributed by atoms with Gasteiger partial charge in [0.15, 0.2) is 0 Å². The topological polar surface area (TPSA) is 74.0 Å². The van der Waals surface area contributed by atoms with E-state index in [0.717, 1.165) is 0 Å². The van der Waals surface area contributed by atoms with Gasteiger partial charge in [-0.1, -0.05) is 12.1 Å². The number of carbonyl (C=O) groups excluding carboxylic acids is 2. The lowest BCUT2D eigenvalue weighted by Gasteiger charge is -2.10. The molecule has 6 heteroatoms. The van der Waals surface area contributed by atoms with Gasteiger partial charge in [0.25, 0.3) is 11.8 Å². The van der Waals surface area contributed by atoms with Crippen LogP contribution in [0.5, 0.6) is 0 Å². The maximum atomic E-state index is 13.5. The van der Waals surface area contributed by atoms with Crippen LogP contribution in [0.4, 0.5) is 10.1 Å². The molecule has 1 heterocycles. The van der Waals surface area contributed by atoms with Crippen LogP contribution in [0.2, 0.25) is 0 Å². The van der Waals surface area contributed by atoms with Crippen molar-refractivity contribution in [2.75, 3.05) is 12.4 Å². The lowest BCUT2D eigenvalue weighted by molar-refractivity contribution is 0.0964. The highest BCUT2D eigenvalue weighted by Crippen LogP contribution is 2.25. The molecule has 2 amide bonds. The number of carbonyl (C=O) groups is 2. The molecule has 0 fully saturated rings. The zero-order chi connectivity index (χ0) is 17.3. The van der Waals surface area contributed by atoms with Gasteiger partial charge < -0.3 is 15.6 Å². The van der Waals surface area contributed by atoms with Crippen LogP contribution in [0.1, 0.15) is 26.4 Å². The Morgan fingerprint density at radius 2 is 1.83 bits per heavy atom. The van der Waals surface area contributed by atoms with Crippen molar-refractivity contribution in [1.82, 2.24) is 10.3 Å². The Kier molecular flexibility index (Phi) is 4.04. The van der Waals surface area contributed by atoms with Crippen molar-refractivity contribution in [3.05, 3.63) is 65.1 Å². The average Bonchev–Trinajstić information content (AvgIpc) is 2.89. The van der Waals surface area contributed by atoms with Gasteiger partial charge in [0.1, 0.15) is 5.82 Å². The Balaban J connectivity index is 2.01. The SMILES string of the molecule is CNC(=O)c1ccccc1NC(=O)c1c(C)[nH]c2ccc(F)cc12. The molecule has 0 bridgehead atoms. The summed E-state index contributed by atoms with van der Waals surface area (Å²) in [5, 5.41) is 5.77. The average molecular weight is 325 g/mol. The lowest BCUT2D eigenvalue weighted by Crippen LogP contribution is -2.21. The van der Waals surface area contributed by atoms with Crippen LogP contribution in [0.15, 0.2) is 42.5 Å². The van der Waals surface area contributed by atoms with Crippen LogP contribution in [0.25, 0.3) is 10.9 Å². The van der Waals surface area contributed by atoms with Gasteiger partial charge in [0.05, 0.1) is 16.8 Å². The van der Waals surface area contributed by atoms with E-state index < -0.39 is 11.7 Å². The second-order valence-electron chi connectivity index (χ2n) is 5.39. The molecule has 0 aliphatic carbocycles. The minimum atomic E-state index is -0.415. The van der Waals surface area contributed by atoms with Gasteiger partial charge in [0, 0.05) is 23.6 Å². The Bertz CT molecular complexity index is 947. The van der Waals surface area contributed by atoms with Gasteiger partial charge in [-0.25, -0.2) is 4.39 Å². The number of aromatic nitrogens is 1. The van der Waals surface area contributed by atoms with E-state index >= 15 is 0 Å². The monoisotopic (exact) mass is 325 g/mol. The molecule has 2 aromatic carbocycles. The lowest BCUT2D eigenvalue weighted by atomic mass is 10.1. The molecule has 0 saturated heterocycles. The van der Waals surface area contributed by atoms with Crippen LogP contribution in [0.3, 0.4) is 0 Å². The normalized spacial score (nSPS) is 10.6. The summed E-state index contributed by atoms with van der Waals surface area (Å²) in [7, 11) is 1.52. The number of benzene rings is 2. The largest absolute Gasteiger partial charge is 0.358 e. The van der Waals surface area contributed by atoms with E-state index in [-0.39, 0.29) is 5.91 Å². The molecule has 0 atom stereocenters. The number of amides is 2. The predicted molar refractivity (Wildman–Crippen MR) is 90.8 cm³/mol. The number of aromatic amines is 1. The van der Waals surface area contributed by atoms with Gasteiger partial charge in [-0.3, -0.25) is 9.59 Å². The maximum absolute atomic E-state index is 13.5. The molecule has 3 rings (SSSR count). The minimum Gasteiger partial charge on any atom is -0.358 e. The number of H-pyrrole nitrogens is 1. The van der Waals surface area contributed by atoms with Crippen molar-refractivity contribution in [2.45, 2.75) is 6.92 Å². The molecule has 3 aromatic rings. The molecule has 1 aromatic heterocycles. The third kappa shape index (κ3) is 2.74. The molecule has 122 valence electrons. The molecular weight excluding hydrogens is 309 g/mol. The number of nitrogens with one attached hydrogen (secondary N) is 3. The third-order valence-electron chi connectivity index (χ3n) is 3.82. The summed E-state index contributed by atoms with van der Waals surface area (Å²) in [6, 6.07) is 11.0. The number of para-hydroxylation sites is 1. The van der Waals surface area contributed by atoms with Crippen molar-refractivity contribution in [3.63, 3.8) is 0 Å². The summed E-state index contributed by atoms with van der Waals surface area (Å²) in [4.78, 5) is 27.7. The van der Waals surface area contributed by atoms with Crippen molar-refractivity contribution in [1.29, 1.82) is 0 Å².